The van der Waals surface area contributed by atoms with Crippen LogP contribution >= 0.6 is 0 Å². The molecule has 3 aromatic carbocycles. The van der Waals surface area contributed by atoms with Crippen LogP contribution in [-0.2, 0) is 24.4 Å². The fraction of sp³-hybridized carbons (Fsp3) is 0.513. The van der Waals surface area contributed by atoms with Crippen LogP contribution in [0.2, 0.25) is 12.1 Å². The first kappa shape index (κ1) is 37.3. The molecule has 8 nitrogen and oxygen atoms in total. The number of unbranched alkanes of at least 4 members (excludes halogenated alkanes) is 2. The van der Waals surface area contributed by atoms with E-state index < -0.39 is 19.9 Å². The minimum Gasteiger partial charge on any atom is -0.505 e. The monoisotopic (exact) mass is 673 g/mol. The Labute approximate surface area is 288 Å². The van der Waals surface area contributed by atoms with Crippen molar-refractivity contribution in [2.24, 2.45) is 0 Å². The SMILES string of the molecule is CCCCCC(C)(C)c1cc(-n2nc3ccc(C(=O)OCCC[Si](CC)(OCC)OCC)cc3n2)c(O)c(C(C)(C)c2ccccc2)c1. The van der Waals surface area contributed by atoms with E-state index in [0.29, 0.717) is 41.9 Å². The summed E-state index contributed by atoms with van der Waals surface area (Å²) in [5.41, 5.74) is 4.52. The van der Waals surface area contributed by atoms with Crippen LogP contribution in [0.25, 0.3) is 16.7 Å². The molecule has 1 aromatic heterocycles. The number of aromatic nitrogens is 3. The average Bonchev–Trinajstić information content (AvgIpc) is 3.50. The van der Waals surface area contributed by atoms with E-state index in [9.17, 15) is 9.90 Å². The molecule has 4 aromatic rings. The van der Waals surface area contributed by atoms with Gasteiger partial charge in [0.25, 0.3) is 0 Å². The molecule has 48 heavy (non-hydrogen) atoms. The van der Waals surface area contributed by atoms with Crippen LogP contribution in [-0.4, -0.2) is 54.5 Å². The number of fused-ring (bicyclic) bond motifs is 1. The number of ether oxygens (including phenoxy) is 1. The maximum absolute atomic E-state index is 13.0. The van der Waals surface area contributed by atoms with Gasteiger partial charge < -0.3 is 18.7 Å². The minimum atomic E-state index is -2.28. The van der Waals surface area contributed by atoms with Gasteiger partial charge in [0.2, 0.25) is 0 Å². The number of carbonyl (C=O) groups is 1. The second-order valence-corrected chi connectivity index (χ2v) is 17.4. The number of phenolic OH excluding ortho intramolecular Hbond substituents is 1. The molecule has 0 unspecified atom stereocenters. The van der Waals surface area contributed by atoms with E-state index in [1.165, 1.54) is 11.2 Å². The van der Waals surface area contributed by atoms with Gasteiger partial charge >= 0.3 is 14.5 Å². The van der Waals surface area contributed by atoms with Crippen LogP contribution in [0.5, 0.6) is 5.75 Å². The van der Waals surface area contributed by atoms with E-state index in [0.717, 1.165) is 48.0 Å². The standard InChI is InChI=1S/C39H55N3O5Si/c1-9-13-17-23-38(5,6)31-27-32(39(7,8)30-19-15-14-16-20-30)36(43)35(28-31)42-40-33-22-21-29(26-34(33)41-42)37(44)45-24-18-25-48(12-4,46-10-2)47-11-3/h14-16,19-22,26-28,43H,9-13,17-18,23-25H2,1-8H3. The highest BCUT2D eigenvalue weighted by atomic mass is 28.4. The van der Waals surface area contributed by atoms with E-state index in [1.807, 2.05) is 38.1 Å². The molecular formula is C39H55N3O5Si. The molecule has 9 heteroatoms. The van der Waals surface area contributed by atoms with Crippen LogP contribution in [0.3, 0.4) is 0 Å². The normalized spacial score (nSPS) is 12.5. The van der Waals surface area contributed by atoms with Crippen LogP contribution in [0.15, 0.2) is 60.7 Å². The van der Waals surface area contributed by atoms with Crippen LogP contribution in [0.1, 0.15) is 115 Å². The van der Waals surface area contributed by atoms with Crippen LogP contribution in [0.4, 0.5) is 0 Å². The van der Waals surface area contributed by atoms with Crippen molar-refractivity contribution in [1.29, 1.82) is 0 Å². The van der Waals surface area contributed by atoms with Crippen LogP contribution in [0, 0.1) is 0 Å². The first-order chi connectivity index (χ1) is 22.9. The number of rotatable bonds is 18. The summed E-state index contributed by atoms with van der Waals surface area (Å²) in [6.45, 7) is 18.6. The summed E-state index contributed by atoms with van der Waals surface area (Å²) in [6, 6.07) is 21.3. The predicted octanol–water partition coefficient (Wildman–Crippen LogP) is 9.39. The average molecular weight is 674 g/mol. The molecule has 0 aliphatic heterocycles. The molecular weight excluding hydrogens is 619 g/mol. The quantitative estimate of drug-likeness (QED) is 0.0639. The first-order valence-corrected chi connectivity index (χ1v) is 19.9. The predicted molar refractivity (Wildman–Crippen MR) is 195 cm³/mol. The number of aromatic hydroxyl groups is 1. The maximum atomic E-state index is 13.0. The third kappa shape index (κ3) is 8.54. The van der Waals surface area contributed by atoms with Gasteiger partial charge in [-0.1, -0.05) is 97.2 Å². The summed E-state index contributed by atoms with van der Waals surface area (Å²) in [5, 5.41) is 21.4. The minimum absolute atomic E-state index is 0.132. The number of phenols is 1. The zero-order valence-electron chi connectivity index (χ0n) is 30.3. The van der Waals surface area contributed by atoms with E-state index in [2.05, 4.69) is 59.7 Å². The van der Waals surface area contributed by atoms with E-state index >= 15 is 0 Å². The van der Waals surface area contributed by atoms with Crippen molar-refractivity contribution in [1.82, 2.24) is 15.0 Å². The first-order valence-electron chi connectivity index (χ1n) is 17.7. The van der Waals surface area contributed by atoms with Gasteiger partial charge in [-0.3, -0.25) is 0 Å². The lowest BCUT2D eigenvalue weighted by atomic mass is 9.73. The Hall–Kier alpha value is -3.53. The fourth-order valence-corrected chi connectivity index (χ4v) is 9.31. The highest BCUT2D eigenvalue weighted by molar-refractivity contribution is 6.67. The van der Waals surface area contributed by atoms with Crippen molar-refractivity contribution in [2.45, 2.75) is 110 Å². The zero-order valence-corrected chi connectivity index (χ0v) is 31.3. The van der Waals surface area contributed by atoms with E-state index in [-0.39, 0.29) is 17.8 Å². The summed E-state index contributed by atoms with van der Waals surface area (Å²) in [7, 11) is -2.28. The van der Waals surface area contributed by atoms with Crippen molar-refractivity contribution in [3.63, 3.8) is 0 Å². The highest BCUT2D eigenvalue weighted by Gasteiger charge is 2.35. The lowest BCUT2D eigenvalue weighted by Crippen LogP contribution is -2.41. The lowest BCUT2D eigenvalue weighted by Gasteiger charge is -2.32. The van der Waals surface area contributed by atoms with E-state index in [1.54, 1.807) is 18.2 Å². The van der Waals surface area contributed by atoms with Gasteiger partial charge in [0, 0.05) is 24.2 Å². The highest BCUT2D eigenvalue weighted by Crippen LogP contribution is 2.43. The molecule has 1 heterocycles. The van der Waals surface area contributed by atoms with Gasteiger partial charge in [-0.25, -0.2) is 4.79 Å². The number of carbonyl (C=O) groups excluding carboxylic acids is 1. The zero-order chi connectivity index (χ0) is 35.0. The second-order valence-electron chi connectivity index (χ2n) is 13.8. The fourth-order valence-electron chi connectivity index (χ4n) is 6.44. The van der Waals surface area contributed by atoms with Crippen molar-refractivity contribution in [3.05, 3.63) is 82.9 Å². The molecule has 0 aliphatic carbocycles. The third-order valence-electron chi connectivity index (χ3n) is 9.57. The Bertz CT molecular complexity index is 1640. The number of nitrogens with zero attached hydrogens (tertiary/aromatic N) is 3. The molecule has 0 saturated heterocycles. The van der Waals surface area contributed by atoms with Crippen molar-refractivity contribution in [2.75, 3.05) is 19.8 Å². The Morgan fingerprint density at radius 2 is 1.52 bits per heavy atom. The Morgan fingerprint density at radius 3 is 2.17 bits per heavy atom. The summed E-state index contributed by atoms with van der Waals surface area (Å²) in [4.78, 5) is 14.6. The van der Waals surface area contributed by atoms with Gasteiger partial charge in [-0.15, -0.1) is 15.0 Å². The Balaban J connectivity index is 1.64. The molecule has 260 valence electrons. The smallest absolute Gasteiger partial charge is 0.338 e. The molecule has 0 amide bonds. The second kappa shape index (κ2) is 16.2. The topological polar surface area (TPSA) is 95.7 Å². The largest absolute Gasteiger partial charge is 0.505 e. The molecule has 0 aliphatic rings. The van der Waals surface area contributed by atoms with Crippen molar-refractivity contribution in [3.8, 4) is 11.4 Å². The molecule has 0 atom stereocenters. The summed E-state index contributed by atoms with van der Waals surface area (Å²) in [5.74, 6) is -0.267. The molecule has 0 saturated carbocycles. The van der Waals surface area contributed by atoms with Crippen molar-refractivity contribution < 1.29 is 23.5 Å². The Morgan fingerprint density at radius 1 is 0.833 bits per heavy atom. The van der Waals surface area contributed by atoms with Gasteiger partial charge in [0.15, 0.2) is 0 Å². The lowest BCUT2D eigenvalue weighted by molar-refractivity contribution is 0.0500. The third-order valence-corrected chi connectivity index (χ3v) is 13.4. The van der Waals surface area contributed by atoms with Gasteiger partial charge in [0.1, 0.15) is 22.5 Å². The summed E-state index contributed by atoms with van der Waals surface area (Å²) >= 11 is 0. The molecule has 4 rings (SSSR count). The summed E-state index contributed by atoms with van der Waals surface area (Å²) < 4.78 is 17.7. The number of hydrogen-bond acceptors (Lipinski definition) is 7. The van der Waals surface area contributed by atoms with Gasteiger partial charge in [-0.2, -0.15) is 0 Å². The van der Waals surface area contributed by atoms with Gasteiger partial charge in [0.05, 0.1) is 12.2 Å². The van der Waals surface area contributed by atoms with E-state index in [4.69, 9.17) is 23.8 Å². The van der Waals surface area contributed by atoms with Crippen molar-refractivity contribution >= 4 is 25.6 Å². The molecule has 0 radical (unpaired) electrons. The molecule has 0 fully saturated rings. The Kier molecular flexibility index (Phi) is 12.6. The molecule has 0 bridgehead atoms. The number of esters is 1. The molecule has 0 spiro atoms. The number of hydrogen-bond donors (Lipinski definition) is 1. The maximum Gasteiger partial charge on any atom is 0.338 e. The number of benzene rings is 3. The van der Waals surface area contributed by atoms with Crippen LogP contribution < -0.4 is 0 Å². The summed E-state index contributed by atoms with van der Waals surface area (Å²) in [6.07, 6.45) is 5.16. The molecule has 1 N–H and O–H groups in total. The van der Waals surface area contributed by atoms with Gasteiger partial charge in [-0.05, 0) is 79.6 Å².